The average molecular weight is 182 g/mol. The number of rotatable bonds is 1. The summed E-state index contributed by atoms with van der Waals surface area (Å²) >= 11 is 4.13. The van der Waals surface area contributed by atoms with Gasteiger partial charge in [0, 0.05) is 12.4 Å². The Kier molecular flexibility index (Phi) is 1.79. The van der Waals surface area contributed by atoms with Crippen molar-refractivity contribution in [3.05, 3.63) is 30.6 Å². The van der Waals surface area contributed by atoms with Crippen LogP contribution >= 0.6 is 22.5 Å². The Morgan fingerprint density at radius 3 is 3.18 bits per heavy atom. The average Bonchev–Trinajstić information content (AvgIpc) is 2.50. The largest absolute Gasteiger partial charge is 0.294 e. The molecule has 2 heterocycles. The molecule has 0 bridgehead atoms. The highest BCUT2D eigenvalue weighted by atomic mass is 33.1. The van der Waals surface area contributed by atoms with E-state index in [0.717, 1.165) is 10.7 Å². The topological polar surface area (TPSA) is 17.3 Å². The summed E-state index contributed by atoms with van der Waals surface area (Å²) in [6.45, 7) is 0. The first-order valence-electron chi connectivity index (χ1n) is 3.15. The fourth-order valence-electron chi connectivity index (χ4n) is 0.996. The summed E-state index contributed by atoms with van der Waals surface area (Å²) in [4.78, 5) is 4.14. The van der Waals surface area contributed by atoms with Gasteiger partial charge in [0.2, 0.25) is 0 Å². The Balaban J connectivity index is 2.79. The molecule has 0 saturated carbocycles. The number of thiol groups is 1. The lowest BCUT2D eigenvalue weighted by Crippen LogP contribution is -1.84. The maximum absolute atomic E-state index is 4.14. The number of fused-ring (bicyclic) bond motifs is 1. The molecule has 2 rings (SSSR count). The third-order valence-corrected chi connectivity index (χ3v) is 2.57. The van der Waals surface area contributed by atoms with Gasteiger partial charge in [-0.2, -0.15) is 0 Å². The fraction of sp³-hybridized carbons (Fsp3) is 0. The highest BCUT2D eigenvalue weighted by Gasteiger charge is 1.96. The molecular formula is C7H6N2S2. The van der Waals surface area contributed by atoms with Gasteiger partial charge in [0.1, 0.15) is 5.65 Å². The van der Waals surface area contributed by atoms with Crippen LogP contribution in [0.3, 0.4) is 0 Å². The van der Waals surface area contributed by atoms with E-state index in [1.54, 1.807) is 6.20 Å². The predicted molar refractivity (Wildman–Crippen MR) is 50.0 cm³/mol. The van der Waals surface area contributed by atoms with Crippen LogP contribution in [-0.4, -0.2) is 9.38 Å². The van der Waals surface area contributed by atoms with Crippen LogP contribution in [-0.2, 0) is 0 Å². The molecule has 0 saturated heterocycles. The van der Waals surface area contributed by atoms with Crippen molar-refractivity contribution in [3.8, 4) is 0 Å². The summed E-state index contributed by atoms with van der Waals surface area (Å²) < 4.78 is 2.00. The van der Waals surface area contributed by atoms with E-state index in [4.69, 9.17) is 0 Å². The van der Waals surface area contributed by atoms with E-state index in [2.05, 4.69) is 16.6 Å². The van der Waals surface area contributed by atoms with Gasteiger partial charge in [0.05, 0.1) is 5.03 Å². The highest BCUT2D eigenvalue weighted by molar-refractivity contribution is 8.68. The summed E-state index contributed by atoms with van der Waals surface area (Å²) in [5.74, 6) is 0. The van der Waals surface area contributed by atoms with Gasteiger partial charge in [-0.1, -0.05) is 6.07 Å². The molecule has 0 N–H and O–H groups in total. The van der Waals surface area contributed by atoms with Crippen molar-refractivity contribution in [3.63, 3.8) is 0 Å². The molecule has 2 aromatic heterocycles. The predicted octanol–water partition coefficient (Wildman–Crippen LogP) is 2.27. The lowest BCUT2D eigenvalue weighted by atomic mass is 10.5. The third kappa shape index (κ3) is 1.12. The molecule has 0 aliphatic heterocycles. The maximum Gasteiger partial charge on any atom is 0.137 e. The van der Waals surface area contributed by atoms with E-state index in [1.165, 1.54) is 10.8 Å². The summed E-state index contributed by atoms with van der Waals surface area (Å²) in [6, 6.07) is 5.95. The molecule has 2 nitrogen and oxygen atoms in total. The van der Waals surface area contributed by atoms with Crippen molar-refractivity contribution in [2.24, 2.45) is 0 Å². The lowest BCUT2D eigenvalue weighted by molar-refractivity contribution is 1.03. The van der Waals surface area contributed by atoms with E-state index >= 15 is 0 Å². The number of imidazole rings is 1. The molecule has 0 atom stereocenters. The van der Waals surface area contributed by atoms with Gasteiger partial charge in [-0.25, -0.2) is 4.98 Å². The monoisotopic (exact) mass is 182 g/mol. The van der Waals surface area contributed by atoms with E-state index in [-0.39, 0.29) is 0 Å². The lowest BCUT2D eigenvalue weighted by Gasteiger charge is -1.98. The second-order valence-corrected chi connectivity index (χ2v) is 3.26. The first kappa shape index (κ1) is 7.06. The molecule has 0 fully saturated rings. The second kappa shape index (κ2) is 2.79. The maximum atomic E-state index is 4.14. The van der Waals surface area contributed by atoms with Crippen molar-refractivity contribution in [2.75, 3.05) is 0 Å². The number of hydrogen-bond donors (Lipinski definition) is 1. The van der Waals surface area contributed by atoms with Gasteiger partial charge in [-0.05, 0) is 22.9 Å². The Hall–Kier alpha value is -0.610. The molecule has 2 aromatic rings. The van der Waals surface area contributed by atoms with Crippen LogP contribution in [0.15, 0.2) is 35.6 Å². The third-order valence-electron chi connectivity index (χ3n) is 1.48. The van der Waals surface area contributed by atoms with Gasteiger partial charge in [-0.3, -0.25) is 4.40 Å². The van der Waals surface area contributed by atoms with Crippen LogP contribution < -0.4 is 0 Å². The van der Waals surface area contributed by atoms with Crippen molar-refractivity contribution < 1.29 is 0 Å². The summed E-state index contributed by atoms with van der Waals surface area (Å²) in [5.41, 5.74) is 0.962. The molecule has 11 heavy (non-hydrogen) atoms. The fourth-order valence-corrected chi connectivity index (χ4v) is 1.82. The minimum absolute atomic E-state index is 0.962. The van der Waals surface area contributed by atoms with E-state index < -0.39 is 0 Å². The standard InChI is InChI=1S/C7H6N2S2/c10-11-7-3-1-2-6-8-4-5-9(6)7/h1-5,10H. The molecular weight excluding hydrogens is 176 g/mol. The van der Waals surface area contributed by atoms with E-state index in [1.807, 2.05) is 28.8 Å². The van der Waals surface area contributed by atoms with Crippen LogP contribution in [0.5, 0.6) is 0 Å². The number of aromatic nitrogens is 2. The first-order chi connectivity index (χ1) is 5.42. The van der Waals surface area contributed by atoms with Gasteiger partial charge in [0.25, 0.3) is 0 Å². The van der Waals surface area contributed by atoms with Crippen LogP contribution in [0.4, 0.5) is 0 Å². The van der Waals surface area contributed by atoms with E-state index in [9.17, 15) is 0 Å². The zero-order valence-electron chi connectivity index (χ0n) is 5.64. The highest BCUT2D eigenvalue weighted by Crippen LogP contribution is 2.21. The van der Waals surface area contributed by atoms with E-state index in [0.29, 0.717) is 0 Å². The molecule has 4 heteroatoms. The van der Waals surface area contributed by atoms with Crippen LogP contribution in [0.2, 0.25) is 0 Å². The van der Waals surface area contributed by atoms with Crippen LogP contribution in [0.25, 0.3) is 5.65 Å². The Morgan fingerprint density at radius 1 is 1.45 bits per heavy atom. The smallest absolute Gasteiger partial charge is 0.137 e. The zero-order valence-corrected chi connectivity index (χ0v) is 7.35. The van der Waals surface area contributed by atoms with Crippen molar-refractivity contribution in [1.82, 2.24) is 9.38 Å². The summed E-state index contributed by atoms with van der Waals surface area (Å²) in [6.07, 6.45) is 3.71. The van der Waals surface area contributed by atoms with Gasteiger partial charge < -0.3 is 0 Å². The Labute approximate surface area is 73.4 Å². The molecule has 0 aliphatic carbocycles. The van der Waals surface area contributed by atoms with Gasteiger partial charge in [-0.15, -0.1) is 11.7 Å². The Morgan fingerprint density at radius 2 is 2.36 bits per heavy atom. The first-order valence-corrected chi connectivity index (χ1v) is 5.02. The van der Waals surface area contributed by atoms with Crippen molar-refractivity contribution >= 4 is 28.1 Å². The van der Waals surface area contributed by atoms with Crippen molar-refractivity contribution in [2.45, 2.75) is 5.03 Å². The Bertz CT molecular complexity index is 369. The molecule has 0 radical (unpaired) electrons. The molecule has 0 spiro atoms. The SMILES string of the molecule is SSc1cccc2nccn12. The summed E-state index contributed by atoms with van der Waals surface area (Å²) in [7, 11) is 1.42. The van der Waals surface area contributed by atoms with Gasteiger partial charge in [0.15, 0.2) is 0 Å². The van der Waals surface area contributed by atoms with Crippen LogP contribution in [0.1, 0.15) is 0 Å². The van der Waals surface area contributed by atoms with Crippen LogP contribution in [0, 0.1) is 0 Å². The van der Waals surface area contributed by atoms with Gasteiger partial charge >= 0.3 is 0 Å². The number of hydrogen-bond acceptors (Lipinski definition) is 3. The normalized spacial score (nSPS) is 10.6. The molecule has 0 aromatic carbocycles. The molecule has 0 amide bonds. The summed E-state index contributed by atoms with van der Waals surface area (Å²) in [5, 5.41) is 1.09. The molecule has 0 unspecified atom stereocenters. The quantitative estimate of drug-likeness (QED) is 0.538. The number of pyridine rings is 1. The minimum atomic E-state index is 0.962. The molecule has 0 aliphatic rings. The second-order valence-electron chi connectivity index (χ2n) is 2.11. The zero-order chi connectivity index (χ0) is 7.68. The molecule has 56 valence electrons. The minimum Gasteiger partial charge on any atom is -0.294 e. The number of nitrogens with zero attached hydrogens (tertiary/aromatic N) is 2. The van der Waals surface area contributed by atoms with Crippen molar-refractivity contribution in [1.29, 1.82) is 0 Å².